The first-order valence-corrected chi connectivity index (χ1v) is 7.41. The molecule has 0 radical (unpaired) electrons. The van der Waals surface area contributed by atoms with Crippen LogP contribution >= 0.6 is 0 Å². The van der Waals surface area contributed by atoms with Gasteiger partial charge in [0.25, 0.3) is 0 Å². The number of halogens is 3. The van der Waals surface area contributed by atoms with E-state index in [4.69, 9.17) is 4.74 Å². The molecule has 0 N–H and O–H groups in total. The van der Waals surface area contributed by atoms with Crippen LogP contribution in [-0.4, -0.2) is 28.1 Å². The van der Waals surface area contributed by atoms with Crippen LogP contribution in [0.4, 0.5) is 13.2 Å². The van der Waals surface area contributed by atoms with E-state index in [0.29, 0.717) is 23.3 Å². The van der Waals surface area contributed by atoms with Crippen LogP contribution in [0.15, 0.2) is 36.2 Å². The zero-order valence-electron chi connectivity index (χ0n) is 12.9. The molecule has 1 aliphatic heterocycles. The molecular formula is C17H15F3N2O2. The molecular weight excluding hydrogens is 321 g/mol. The van der Waals surface area contributed by atoms with E-state index < -0.39 is 12.7 Å². The number of rotatable bonds is 2. The lowest BCUT2D eigenvalue weighted by molar-refractivity contribution is -0.140. The number of nitrogens with zero attached hydrogens (tertiary/aromatic N) is 2. The van der Waals surface area contributed by atoms with Crippen molar-refractivity contribution in [3.63, 3.8) is 0 Å². The molecule has 0 fully saturated rings. The highest BCUT2D eigenvalue weighted by Crippen LogP contribution is 2.30. The monoisotopic (exact) mass is 336 g/mol. The number of carbonyl (C=O) groups is 1. The first-order valence-electron chi connectivity index (χ1n) is 7.41. The number of imidazole rings is 1. The average molecular weight is 336 g/mol. The van der Waals surface area contributed by atoms with E-state index >= 15 is 0 Å². The fourth-order valence-electron chi connectivity index (χ4n) is 2.65. The Morgan fingerprint density at radius 1 is 1.38 bits per heavy atom. The standard InChI is InChI=1S/C17H15F3N2O2/c1-11-3-2-4-13-15(23)12(5-8-24-16(11)13)9-14-21-6-7-22(14)10-17(18,19)20/h2-4,6-7,9H,5,8,10H2,1H3/b12-9-. The molecule has 3 rings (SSSR count). The number of alkyl halides is 3. The molecule has 4 nitrogen and oxygen atoms in total. The predicted molar refractivity (Wildman–Crippen MR) is 81.9 cm³/mol. The minimum absolute atomic E-state index is 0.103. The number of ether oxygens (including phenoxy) is 1. The van der Waals surface area contributed by atoms with Crippen LogP contribution in [0.5, 0.6) is 5.75 Å². The van der Waals surface area contributed by atoms with Crippen LogP contribution in [0.25, 0.3) is 6.08 Å². The van der Waals surface area contributed by atoms with E-state index in [1.807, 2.05) is 13.0 Å². The van der Waals surface area contributed by atoms with Crippen LogP contribution in [-0.2, 0) is 6.54 Å². The molecule has 2 aromatic rings. The highest BCUT2D eigenvalue weighted by Gasteiger charge is 2.29. The van der Waals surface area contributed by atoms with Crippen molar-refractivity contribution in [2.24, 2.45) is 0 Å². The Kier molecular flexibility index (Phi) is 4.17. The Bertz CT molecular complexity index is 806. The van der Waals surface area contributed by atoms with Gasteiger partial charge in [0.05, 0.1) is 12.2 Å². The van der Waals surface area contributed by atoms with Gasteiger partial charge < -0.3 is 9.30 Å². The van der Waals surface area contributed by atoms with E-state index in [1.54, 1.807) is 12.1 Å². The van der Waals surface area contributed by atoms with E-state index in [0.717, 1.165) is 10.1 Å². The van der Waals surface area contributed by atoms with Gasteiger partial charge in [0.2, 0.25) is 0 Å². The van der Waals surface area contributed by atoms with Gasteiger partial charge in [-0.15, -0.1) is 0 Å². The number of carbonyl (C=O) groups excluding carboxylic acids is 1. The number of benzene rings is 1. The third kappa shape index (κ3) is 3.34. The van der Waals surface area contributed by atoms with Crippen molar-refractivity contribution in [3.05, 3.63) is 53.1 Å². The summed E-state index contributed by atoms with van der Waals surface area (Å²) in [6.45, 7) is 0.985. The topological polar surface area (TPSA) is 44.1 Å². The summed E-state index contributed by atoms with van der Waals surface area (Å²) in [6.07, 6.45) is -0.0987. The van der Waals surface area contributed by atoms with Gasteiger partial charge in [0.1, 0.15) is 18.1 Å². The number of para-hydroxylation sites is 1. The van der Waals surface area contributed by atoms with Gasteiger partial charge in [-0.2, -0.15) is 13.2 Å². The number of hydrogen-bond acceptors (Lipinski definition) is 3. The molecule has 24 heavy (non-hydrogen) atoms. The van der Waals surface area contributed by atoms with Crippen LogP contribution < -0.4 is 4.74 Å². The van der Waals surface area contributed by atoms with Crippen molar-refractivity contribution in [1.29, 1.82) is 0 Å². The smallest absolute Gasteiger partial charge is 0.406 e. The molecule has 0 unspecified atom stereocenters. The van der Waals surface area contributed by atoms with Gasteiger partial charge in [-0.1, -0.05) is 12.1 Å². The first-order chi connectivity index (χ1) is 11.3. The maximum Gasteiger partial charge on any atom is 0.406 e. The number of Topliss-reactive ketones (excluding diaryl/α,β-unsaturated/α-hetero) is 1. The van der Waals surface area contributed by atoms with Crippen molar-refractivity contribution in [3.8, 4) is 5.75 Å². The second-order valence-corrected chi connectivity index (χ2v) is 5.58. The van der Waals surface area contributed by atoms with Crippen LogP contribution in [0.1, 0.15) is 28.2 Å². The minimum atomic E-state index is -4.35. The highest BCUT2D eigenvalue weighted by atomic mass is 19.4. The van der Waals surface area contributed by atoms with Crippen LogP contribution in [0.3, 0.4) is 0 Å². The van der Waals surface area contributed by atoms with Gasteiger partial charge in [-0.05, 0) is 24.6 Å². The van der Waals surface area contributed by atoms with Crippen molar-refractivity contribution in [2.75, 3.05) is 6.61 Å². The second-order valence-electron chi connectivity index (χ2n) is 5.58. The Hall–Kier alpha value is -2.57. The molecule has 0 amide bonds. The summed E-state index contributed by atoms with van der Waals surface area (Å²) in [6, 6.07) is 5.26. The second kappa shape index (κ2) is 6.14. The fourth-order valence-corrected chi connectivity index (χ4v) is 2.65. The van der Waals surface area contributed by atoms with Gasteiger partial charge in [0, 0.05) is 24.4 Å². The molecule has 1 aromatic heterocycles. The van der Waals surface area contributed by atoms with Gasteiger partial charge >= 0.3 is 6.18 Å². The SMILES string of the molecule is Cc1cccc2c1OCC/C(=C/c1nccn1CC(F)(F)F)C2=O. The zero-order valence-corrected chi connectivity index (χ0v) is 12.9. The lowest BCUT2D eigenvalue weighted by atomic mass is 9.99. The van der Waals surface area contributed by atoms with Crippen molar-refractivity contribution < 1.29 is 22.7 Å². The predicted octanol–water partition coefficient (Wildman–Crippen LogP) is 3.80. The van der Waals surface area contributed by atoms with E-state index in [9.17, 15) is 18.0 Å². The highest BCUT2D eigenvalue weighted by molar-refractivity contribution is 6.13. The molecule has 1 aromatic carbocycles. The molecule has 0 aliphatic carbocycles. The Labute approximate surface area is 136 Å². The van der Waals surface area contributed by atoms with Crippen LogP contribution in [0, 0.1) is 6.92 Å². The quantitative estimate of drug-likeness (QED) is 0.784. The largest absolute Gasteiger partial charge is 0.492 e. The van der Waals surface area contributed by atoms with E-state index in [-0.39, 0.29) is 18.2 Å². The molecule has 126 valence electrons. The summed E-state index contributed by atoms with van der Waals surface area (Å²) in [5.41, 5.74) is 1.65. The number of hydrogen-bond donors (Lipinski definition) is 0. The Morgan fingerprint density at radius 2 is 2.17 bits per heavy atom. The molecule has 0 bridgehead atoms. The van der Waals surface area contributed by atoms with Crippen molar-refractivity contribution in [2.45, 2.75) is 26.1 Å². The maximum absolute atomic E-state index is 12.7. The summed E-state index contributed by atoms with van der Waals surface area (Å²) in [4.78, 5) is 16.6. The first kappa shape index (κ1) is 16.3. The Balaban J connectivity index is 1.97. The van der Waals surface area contributed by atoms with Gasteiger partial charge in [-0.25, -0.2) is 4.98 Å². The Morgan fingerprint density at radius 3 is 2.92 bits per heavy atom. The lowest BCUT2D eigenvalue weighted by Gasteiger charge is -2.09. The lowest BCUT2D eigenvalue weighted by Crippen LogP contribution is -2.18. The summed E-state index contributed by atoms with van der Waals surface area (Å²) in [7, 11) is 0. The number of aromatic nitrogens is 2. The summed E-state index contributed by atoms with van der Waals surface area (Å²) >= 11 is 0. The number of fused-ring (bicyclic) bond motifs is 1. The minimum Gasteiger partial charge on any atom is -0.492 e. The zero-order chi connectivity index (χ0) is 17.3. The third-order valence-corrected chi connectivity index (χ3v) is 3.77. The maximum atomic E-state index is 12.7. The number of aryl methyl sites for hydroxylation is 1. The van der Waals surface area contributed by atoms with Crippen LogP contribution in [0.2, 0.25) is 0 Å². The normalized spacial score (nSPS) is 16.7. The molecule has 1 aliphatic rings. The molecule has 7 heteroatoms. The molecule has 0 atom stereocenters. The fraction of sp³-hybridized carbons (Fsp3) is 0.294. The van der Waals surface area contributed by atoms with Gasteiger partial charge in [-0.3, -0.25) is 4.79 Å². The van der Waals surface area contributed by atoms with E-state index in [2.05, 4.69) is 4.98 Å². The van der Waals surface area contributed by atoms with Crippen molar-refractivity contribution in [1.82, 2.24) is 9.55 Å². The average Bonchev–Trinajstić information content (AvgIpc) is 2.84. The molecule has 2 heterocycles. The summed E-state index contributed by atoms with van der Waals surface area (Å²) in [5.74, 6) is 0.393. The summed E-state index contributed by atoms with van der Waals surface area (Å²) in [5, 5.41) is 0. The molecule has 0 saturated carbocycles. The third-order valence-electron chi connectivity index (χ3n) is 3.77. The molecule has 0 saturated heterocycles. The summed E-state index contributed by atoms with van der Waals surface area (Å²) < 4.78 is 44.4. The number of ketones is 1. The van der Waals surface area contributed by atoms with E-state index in [1.165, 1.54) is 18.5 Å². The molecule has 0 spiro atoms. The van der Waals surface area contributed by atoms with Gasteiger partial charge in [0.15, 0.2) is 5.78 Å². The van der Waals surface area contributed by atoms with Crippen molar-refractivity contribution >= 4 is 11.9 Å².